The van der Waals surface area contributed by atoms with Gasteiger partial charge in [-0.2, -0.15) is 0 Å². The lowest BCUT2D eigenvalue weighted by Crippen LogP contribution is -2.74. The second kappa shape index (κ2) is 6.58. The van der Waals surface area contributed by atoms with Crippen LogP contribution in [0.1, 0.15) is 46.2 Å². The number of nitrogens with one attached hydrogen (secondary N) is 2. The van der Waals surface area contributed by atoms with Crippen molar-refractivity contribution in [1.29, 1.82) is 0 Å². The van der Waals surface area contributed by atoms with Crippen LogP contribution in [0.2, 0.25) is 0 Å². The van der Waals surface area contributed by atoms with Crippen molar-refractivity contribution in [3.05, 3.63) is 35.9 Å². The van der Waals surface area contributed by atoms with Gasteiger partial charge in [-0.15, -0.1) is 0 Å². The van der Waals surface area contributed by atoms with Crippen LogP contribution in [0.5, 0.6) is 0 Å². The monoisotopic (exact) mass is 344 g/mol. The minimum atomic E-state index is -0.309. The highest BCUT2D eigenvalue weighted by Crippen LogP contribution is 2.40. The van der Waals surface area contributed by atoms with E-state index >= 15 is 0 Å². The summed E-state index contributed by atoms with van der Waals surface area (Å²) in [6, 6.07) is 9.82. The Bertz CT molecular complexity index is 646. The lowest BCUT2D eigenvalue weighted by atomic mass is 9.80. The first-order chi connectivity index (χ1) is 11.8. The number of rotatable bonds is 3. The molecule has 0 unspecified atom stereocenters. The van der Waals surface area contributed by atoms with Crippen LogP contribution in [0.15, 0.2) is 30.3 Å². The van der Waals surface area contributed by atoms with Crippen LogP contribution in [-0.2, 0) is 0 Å². The number of amides is 4. The van der Waals surface area contributed by atoms with Crippen molar-refractivity contribution in [1.82, 2.24) is 20.4 Å². The van der Waals surface area contributed by atoms with Gasteiger partial charge in [0.25, 0.3) is 0 Å². The molecule has 0 spiro atoms. The topological polar surface area (TPSA) is 64.7 Å². The lowest BCUT2D eigenvalue weighted by Gasteiger charge is -2.55. The van der Waals surface area contributed by atoms with Crippen molar-refractivity contribution in [2.75, 3.05) is 0 Å². The van der Waals surface area contributed by atoms with E-state index in [1.807, 2.05) is 57.7 Å². The molecule has 0 bridgehead atoms. The Hall–Kier alpha value is -2.24. The van der Waals surface area contributed by atoms with Crippen LogP contribution < -0.4 is 10.6 Å². The zero-order valence-electron chi connectivity index (χ0n) is 15.6. The fourth-order valence-corrected chi connectivity index (χ4v) is 4.22. The van der Waals surface area contributed by atoms with E-state index in [-0.39, 0.29) is 48.3 Å². The smallest absolute Gasteiger partial charge is 0.319 e. The highest BCUT2D eigenvalue weighted by Gasteiger charge is 2.52. The largest absolute Gasteiger partial charge is 0.335 e. The van der Waals surface area contributed by atoms with Gasteiger partial charge in [-0.05, 0) is 40.2 Å². The van der Waals surface area contributed by atoms with Gasteiger partial charge < -0.3 is 20.4 Å². The maximum Gasteiger partial charge on any atom is 0.319 e. The fraction of sp³-hybridized carbons (Fsp3) is 0.579. The molecular weight excluding hydrogens is 316 g/mol. The van der Waals surface area contributed by atoms with E-state index in [2.05, 4.69) is 22.8 Å². The van der Waals surface area contributed by atoms with Gasteiger partial charge in [0.1, 0.15) is 6.17 Å². The molecule has 2 heterocycles. The summed E-state index contributed by atoms with van der Waals surface area (Å²) >= 11 is 0. The third-order valence-corrected chi connectivity index (χ3v) is 5.25. The number of hydrogen-bond donors (Lipinski definition) is 2. The van der Waals surface area contributed by atoms with Crippen LogP contribution >= 0.6 is 0 Å². The van der Waals surface area contributed by atoms with E-state index in [9.17, 15) is 9.59 Å². The molecule has 1 aromatic carbocycles. The Balaban J connectivity index is 2.10. The molecule has 3 rings (SSSR count). The van der Waals surface area contributed by atoms with Crippen molar-refractivity contribution < 1.29 is 9.59 Å². The molecule has 136 valence electrons. The highest BCUT2D eigenvalue weighted by atomic mass is 16.2. The van der Waals surface area contributed by atoms with E-state index in [0.29, 0.717) is 0 Å². The fourth-order valence-electron chi connectivity index (χ4n) is 4.22. The van der Waals surface area contributed by atoms with Gasteiger partial charge in [0.2, 0.25) is 0 Å². The van der Waals surface area contributed by atoms with Gasteiger partial charge in [-0.25, -0.2) is 9.59 Å². The van der Waals surface area contributed by atoms with E-state index < -0.39 is 0 Å². The molecule has 6 heteroatoms. The molecule has 6 nitrogen and oxygen atoms in total. The third kappa shape index (κ3) is 2.94. The van der Waals surface area contributed by atoms with E-state index in [1.165, 1.54) is 0 Å². The predicted octanol–water partition coefficient (Wildman–Crippen LogP) is 2.93. The summed E-state index contributed by atoms with van der Waals surface area (Å²) in [4.78, 5) is 29.1. The van der Waals surface area contributed by atoms with Gasteiger partial charge in [0, 0.05) is 24.0 Å². The molecule has 4 amide bonds. The molecule has 0 radical (unpaired) electrons. The maximum absolute atomic E-state index is 12.9. The molecular formula is C19H28N4O2. The van der Waals surface area contributed by atoms with Gasteiger partial charge in [-0.1, -0.05) is 30.3 Å². The number of carbonyl (C=O) groups excluding carboxylic acids is 2. The molecule has 2 aliphatic heterocycles. The second-order valence-electron chi connectivity index (χ2n) is 7.57. The third-order valence-electron chi connectivity index (χ3n) is 5.25. The van der Waals surface area contributed by atoms with Crippen LogP contribution in [0, 0.1) is 5.92 Å². The maximum atomic E-state index is 12.9. The molecule has 1 aromatic rings. The van der Waals surface area contributed by atoms with Gasteiger partial charge in [0.05, 0.1) is 6.04 Å². The van der Waals surface area contributed by atoms with Crippen LogP contribution in [0.3, 0.4) is 0 Å². The molecule has 0 aliphatic carbocycles. The first-order valence-corrected chi connectivity index (χ1v) is 9.05. The average Bonchev–Trinajstić information content (AvgIpc) is 2.53. The summed E-state index contributed by atoms with van der Waals surface area (Å²) in [6.45, 7) is 10.0. The minimum Gasteiger partial charge on any atom is -0.335 e. The Morgan fingerprint density at radius 2 is 1.44 bits per heavy atom. The van der Waals surface area contributed by atoms with Gasteiger partial charge >= 0.3 is 12.1 Å². The molecule has 2 saturated heterocycles. The van der Waals surface area contributed by atoms with Crippen molar-refractivity contribution in [2.24, 2.45) is 5.92 Å². The highest BCUT2D eigenvalue weighted by molar-refractivity contribution is 5.81. The Morgan fingerprint density at radius 1 is 0.880 bits per heavy atom. The summed E-state index contributed by atoms with van der Waals surface area (Å²) in [5, 5.41) is 6.19. The van der Waals surface area contributed by atoms with Crippen LogP contribution in [0.25, 0.3) is 0 Å². The Labute approximate surface area is 149 Å². The number of urea groups is 2. The molecule has 0 aromatic heterocycles. The SMILES string of the molecule is CC(C)N1C(=O)N[C@@H](C)[C@H]2[C@H]1NC(=O)N(C(C)C)[C@@H]2c1ccccc1. The summed E-state index contributed by atoms with van der Waals surface area (Å²) in [7, 11) is 0. The molecule has 2 aliphatic rings. The number of hydrogen-bond acceptors (Lipinski definition) is 2. The minimum absolute atomic E-state index is 0.00215. The predicted molar refractivity (Wildman–Crippen MR) is 96.9 cm³/mol. The number of carbonyl (C=O) groups is 2. The number of benzene rings is 1. The van der Waals surface area contributed by atoms with Crippen molar-refractivity contribution in [3.63, 3.8) is 0 Å². The number of fused-ring (bicyclic) bond motifs is 1. The van der Waals surface area contributed by atoms with Crippen molar-refractivity contribution in [2.45, 2.75) is 65.0 Å². The van der Waals surface area contributed by atoms with E-state index in [0.717, 1.165) is 5.56 Å². The normalized spacial score (nSPS) is 29.6. The van der Waals surface area contributed by atoms with E-state index in [1.54, 1.807) is 4.90 Å². The van der Waals surface area contributed by atoms with Crippen LogP contribution in [0.4, 0.5) is 9.59 Å². The molecule has 4 atom stereocenters. The first kappa shape index (κ1) is 17.6. The van der Waals surface area contributed by atoms with Crippen LogP contribution in [-0.4, -0.2) is 46.2 Å². The second-order valence-corrected chi connectivity index (χ2v) is 7.57. The van der Waals surface area contributed by atoms with Crippen molar-refractivity contribution in [3.8, 4) is 0 Å². The number of nitrogens with zero attached hydrogens (tertiary/aromatic N) is 2. The van der Waals surface area contributed by atoms with Gasteiger partial charge in [0.15, 0.2) is 0 Å². The average molecular weight is 344 g/mol. The Kier molecular flexibility index (Phi) is 4.62. The summed E-state index contributed by atoms with van der Waals surface area (Å²) in [5.41, 5.74) is 1.10. The summed E-state index contributed by atoms with van der Waals surface area (Å²) < 4.78 is 0. The molecule has 2 fully saturated rings. The zero-order chi connectivity index (χ0) is 18.3. The first-order valence-electron chi connectivity index (χ1n) is 9.05. The zero-order valence-corrected chi connectivity index (χ0v) is 15.6. The summed E-state index contributed by atoms with van der Waals surface area (Å²) in [5.74, 6) is 0.0580. The quantitative estimate of drug-likeness (QED) is 0.885. The Morgan fingerprint density at radius 3 is 2.00 bits per heavy atom. The standard InChI is InChI=1S/C19H28N4O2/c1-11(2)22-16(14-9-7-6-8-10-14)15-13(5)20-18(24)23(12(3)4)17(15)21-19(22)25/h6-13,15-17H,1-5H3,(H,20,24)(H,21,25)/t13-,15+,16+,17-/m0/s1. The molecule has 0 saturated carbocycles. The molecule has 25 heavy (non-hydrogen) atoms. The van der Waals surface area contributed by atoms with Crippen molar-refractivity contribution >= 4 is 12.1 Å². The lowest BCUT2D eigenvalue weighted by molar-refractivity contribution is -0.0116. The molecule has 2 N–H and O–H groups in total. The van der Waals surface area contributed by atoms with E-state index in [4.69, 9.17) is 0 Å². The summed E-state index contributed by atoms with van der Waals surface area (Å²) in [6.07, 6.45) is -0.309. The van der Waals surface area contributed by atoms with Gasteiger partial charge in [-0.3, -0.25) is 0 Å².